The number of para-hydroxylation sites is 1. The quantitative estimate of drug-likeness (QED) is 0.508. The van der Waals surface area contributed by atoms with Crippen molar-refractivity contribution in [1.29, 1.82) is 0 Å². The Labute approximate surface area is 206 Å². The summed E-state index contributed by atoms with van der Waals surface area (Å²) in [6.45, 7) is 0.246. The molecule has 1 fully saturated rings. The van der Waals surface area contributed by atoms with E-state index in [2.05, 4.69) is 0 Å². The van der Waals surface area contributed by atoms with Crippen LogP contribution in [-0.2, 0) is 21.0 Å². The lowest BCUT2D eigenvalue weighted by Crippen LogP contribution is -2.49. The highest BCUT2D eigenvalue weighted by atomic mass is 32.2. The number of ether oxygens (including phenoxy) is 3. The number of carbonyl (C=O) groups excluding carboxylic acids is 2. The fourth-order valence-corrected chi connectivity index (χ4v) is 6.04. The van der Waals surface area contributed by atoms with Crippen LogP contribution in [0.1, 0.15) is 11.1 Å². The van der Waals surface area contributed by atoms with Crippen molar-refractivity contribution in [3.8, 4) is 17.2 Å². The van der Waals surface area contributed by atoms with Crippen LogP contribution in [0.25, 0.3) is 0 Å². The minimum atomic E-state index is -1.29. The van der Waals surface area contributed by atoms with Crippen LogP contribution < -0.4 is 24.0 Å². The van der Waals surface area contributed by atoms with Crippen molar-refractivity contribution in [2.75, 3.05) is 36.9 Å². The van der Waals surface area contributed by atoms with Gasteiger partial charge in [-0.2, -0.15) is 0 Å². The van der Waals surface area contributed by atoms with E-state index in [0.29, 0.717) is 28.6 Å². The van der Waals surface area contributed by atoms with E-state index in [9.17, 15) is 14.0 Å². The Morgan fingerprint density at radius 1 is 0.943 bits per heavy atom. The van der Waals surface area contributed by atoms with Gasteiger partial charge in [0.15, 0.2) is 11.5 Å². The molecule has 3 aromatic rings. The molecule has 2 aliphatic heterocycles. The van der Waals surface area contributed by atoms with Crippen LogP contribution in [0.15, 0.2) is 60.7 Å². The van der Waals surface area contributed by atoms with Crippen molar-refractivity contribution in [1.82, 2.24) is 0 Å². The SMILES string of the molecule is COc1cc(N2C(=O)CS[C@@]23C(=O)N(Cc2ccc(F)cc2)c2ccccc23)cc(OC)c1OC. The van der Waals surface area contributed by atoms with E-state index in [-0.39, 0.29) is 29.9 Å². The number of benzene rings is 3. The highest BCUT2D eigenvalue weighted by Crippen LogP contribution is 2.57. The number of thioether (sulfide) groups is 1. The predicted octanol–water partition coefficient (Wildman–Crippen LogP) is 4.33. The van der Waals surface area contributed by atoms with Crippen molar-refractivity contribution in [2.24, 2.45) is 0 Å². The largest absolute Gasteiger partial charge is 0.493 e. The molecule has 1 saturated heterocycles. The van der Waals surface area contributed by atoms with E-state index in [1.165, 1.54) is 50.1 Å². The molecule has 2 aliphatic rings. The molecule has 180 valence electrons. The average Bonchev–Trinajstić information content (AvgIpc) is 3.35. The number of amides is 2. The molecule has 0 aromatic heterocycles. The fraction of sp³-hybridized carbons (Fsp3) is 0.231. The molecular formula is C26H23FN2O5S. The lowest BCUT2D eigenvalue weighted by Gasteiger charge is -2.33. The zero-order valence-corrected chi connectivity index (χ0v) is 20.2. The molecule has 9 heteroatoms. The van der Waals surface area contributed by atoms with Crippen LogP contribution in [0.2, 0.25) is 0 Å². The summed E-state index contributed by atoms with van der Waals surface area (Å²) >= 11 is 1.28. The van der Waals surface area contributed by atoms with E-state index < -0.39 is 4.87 Å². The molecule has 1 spiro atoms. The summed E-state index contributed by atoms with van der Waals surface area (Å²) in [5, 5.41) is 0. The van der Waals surface area contributed by atoms with Crippen LogP contribution in [0.5, 0.6) is 17.2 Å². The van der Waals surface area contributed by atoms with Crippen molar-refractivity contribution in [3.63, 3.8) is 0 Å². The molecule has 0 bridgehead atoms. The molecule has 3 aromatic carbocycles. The van der Waals surface area contributed by atoms with Crippen molar-refractivity contribution in [3.05, 3.63) is 77.6 Å². The molecule has 0 aliphatic carbocycles. The molecule has 5 rings (SSSR count). The smallest absolute Gasteiger partial charge is 0.269 e. The summed E-state index contributed by atoms with van der Waals surface area (Å²) < 4.78 is 29.9. The molecule has 0 radical (unpaired) electrons. The van der Waals surface area contributed by atoms with Gasteiger partial charge in [0.25, 0.3) is 5.91 Å². The van der Waals surface area contributed by atoms with Crippen molar-refractivity contribution in [2.45, 2.75) is 11.4 Å². The number of methoxy groups -OCH3 is 3. The molecule has 2 amide bonds. The molecular weight excluding hydrogens is 471 g/mol. The third-order valence-electron chi connectivity index (χ3n) is 6.23. The maximum atomic E-state index is 14.2. The third-order valence-corrected chi connectivity index (χ3v) is 7.61. The van der Waals surface area contributed by atoms with Gasteiger partial charge in [0.1, 0.15) is 5.82 Å². The monoisotopic (exact) mass is 494 g/mol. The van der Waals surface area contributed by atoms with Crippen molar-refractivity contribution < 1.29 is 28.2 Å². The number of hydrogen-bond donors (Lipinski definition) is 0. The van der Waals surface area contributed by atoms with Gasteiger partial charge in [-0.05, 0) is 23.8 Å². The minimum absolute atomic E-state index is 0.126. The molecule has 2 heterocycles. The standard InChI is InChI=1S/C26H23FN2O5S/c1-32-21-12-18(13-22(33-2)24(21)34-3)29-23(30)15-35-26(29)19-6-4-5-7-20(19)28(25(26)31)14-16-8-10-17(27)11-9-16/h4-13H,14-15H2,1-3H3/t26-/m0/s1. The molecule has 7 nitrogen and oxygen atoms in total. The zero-order chi connectivity index (χ0) is 24.7. The summed E-state index contributed by atoms with van der Waals surface area (Å²) in [6, 6.07) is 16.8. The topological polar surface area (TPSA) is 68.3 Å². The summed E-state index contributed by atoms with van der Waals surface area (Å²) in [5.74, 6) is 0.476. The van der Waals surface area contributed by atoms with Crippen LogP contribution in [-0.4, -0.2) is 38.9 Å². The maximum Gasteiger partial charge on any atom is 0.269 e. The predicted molar refractivity (Wildman–Crippen MR) is 132 cm³/mol. The summed E-state index contributed by atoms with van der Waals surface area (Å²) in [6.07, 6.45) is 0. The molecule has 0 saturated carbocycles. The third kappa shape index (κ3) is 3.49. The number of fused-ring (bicyclic) bond motifs is 2. The van der Waals surface area contributed by atoms with E-state index in [4.69, 9.17) is 14.2 Å². The number of hydrogen-bond acceptors (Lipinski definition) is 6. The Morgan fingerprint density at radius 3 is 2.23 bits per heavy atom. The summed E-state index contributed by atoms with van der Waals surface area (Å²) in [4.78, 5) is 29.4. The number of halogens is 1. The molecule has 0 N–H and O–H groups in total. The number of anilines is 2. The van der Waals surface area contributed by atoms with Gasteiger partial charge in [0.05, 0.1) is 45.0 Å². The second kappa shape index (κ2) is 8.81. The Kier molecular flexibility index (Phi) is 5.80. The Bertz CT molecular complexity index is 1290. The maximum absolute atomic E-state index is 14.2. The van der Waals surface area contributed by atoms with Gasteiger partial charge < -0.3 is 19.1 Å². The lowest BCUT2D eigenvalue weighted by molar-refractivity contribution is -0.123. The normalized spacial score (nSPS) is 18.9. The number of rotatable bonds is 6. The van der Waals surface area contributed by atoms with E-state index in [1.807, 2.05) is 24.3 Å². The fourth-order valence-electron chi connectivity index (χ4n) is 4.68. The average molecular weight is 495 g/mol. The summed E-state index contributed by atoms with van der Waals surface area (Å²) in [5.41, 5.74) is 2.67. The second-order valence-corrected chi connectivity index (χ2v) is 9.25. The first kappa shape index (κ1) is 23.0. The van der Waals surface area contributed by atoms with Crippen LogP contribution in [0, 0.1) is 5.82 Å². The van der Waals surface area contributed by atoms with E-state index >= 15 is 0 Å². The lowest BCUT2D eigenvalue weighted by atomic mass is 10.0. The van der Waals surface area contributed by atoms with E-state index in [1.54, 1.807) is 29.2 Å². The Hall–Kier alpha value is -3.72. The van der Waals surface area contributed by atoms with Gasteiger partial charge in [0.2, 0.25) is 16.5 Å². The zero-order valence-electron chi connectivity index (χ0n) is 19.4. The number of nitrogens with zero attached hydrogens (tertiary/aromatic N) is 2. The Balaban J connectivity index is 1.65. The van der Waals surface area contributed by atoms with Gasteiger partial charge in [-0.25, -0.2) is 4.39 Å². The van der Waals surface area contributed by atoms with Gasteiger partial charge in [-0.15, -0.1) is 11.8 Å². The van der Waals surface area contributed by atoms with Gasteiger partial charge in [-0.3, -0.25) is 14.5 Å². The van der Waals surface area contributed by atoms with Gasteiger partial charge in [-0.1, -0.05) is 30.3 Å². The first-order chi connectivity index (χ1) is 16.9. The second-order valence-electron chi connectivity index (χ2n) is 8.08. The Morgan fingerprint density at radius 2 is 1.60 bits per heavy atom. The minimum Gasteiger partial charge on any atom is -0.493 e. The highest BCUT2D eigenvalue weighted by Gasteiger charge is 2.61. The van der Waals surface area contributed by atoms with Crippen LogP contribution >= 0.6 is 11.8 Å². The van der Waals surface area contributed by atoms with E-state index in [0.717, 1.165) is 11.1 Å². The van der Waals surface area contributed by atoms with Gasteiger partial charge in [0, 0.05) is 17.7 Å². The number of carbonyl (C=O) groups is 2. The first-order valence-corrected chi connectivity index (χ1v) is 11.9. The van der Waals surface area contributed by atoms with Crippen molar-refractivity contribution >= 4 is 35.0 Å². The molecule has 1 atom stereocenters. The van der Waals surface area contributed by atoms with Crippen LogP contribution in [0.4, 0.5) is 15.8 Å². The first-order valence-electron chi connectivity index (χ1n) is 10.9. The highest BCUT2D eigenvalue weighted by molar-refractivity contribution is 8.02. The molecule has 35 heavy (non-hydrogen) atoms. The van der Waals surface area contributed by atoms with Gasteiger partial charge >= 0.3 is 0 Å². The molecule has 0 unspecified atom stereocenters. The van der Waals surface area contributed by atoms with Crippen LogP contribution in [0.3, 0.4) is 0 Å². The summed E-state index contributed by atoms with van der Waals surface area (Å²) in [7, 11) is 4.50.